The Morgan fingerprint density at radius 2 is 2.24 bits per heavy atom. The van der Waals surface area contributed by atoms with E-state index in [2.05, 4.69) is 10.1 Å². The second-order valence-corrected chi connectivity index (χ2v) is 4.29. The Morgan fingerprint density at radius 3 is 2.76 bits per heavy atom. The van der Waals surface area contributed by atoms with Gasteiger partial charge in [-0.15, -0.1) is 0 Å². The van der Waals surface area contributed by atoms with Gasteiger partial charge in [0.05, 0.1) is 7.11 Å². The first-order valence-corrected chi connectivity index (χ1v) is 5.37. The fraction of sp³-hybridized carbons (Fsp3) is 0.800. The summed E-state index contributed by atoms with van der Waals surface area (Å²) in [6, 6.07) is -0.736. The predicted molar refractivity (Wildman–Crippen MR) is 58.5 cm³/mol. The van der Waals surface area contributed by atoms with Crippen LogP contribution >= 0.6 is 0 Å². The minimum absolute atomic E-state index is 0.0572. The van der Waals surface area contributed by atoms with E-state index >= 15 is 0 Å². The van der Waals surface area contributed by atoms with Crippen molar-refractivity contribution in [3.8, 4) is 0 Å². The molecule has 3 N–H and O–H groups in total. The van der Waals surface area contributed by atoms with Crippen molar-refractivity contribution in [1.82, 2.24) is 10.2 Å². The Labute approximate surface area is 99.4 Å². The van der Waals surface area contributed by atoms with Crippen LogP contribution in [0.2, 0.25) is 0 Å². The molecule has 0 radical (unpaired) electrons. The van der Waals surface area contributed by atoms with E-state index in [0.29, 0.717) is 19.6 Å². The quantitative estimate of drug-likeness (QED) is 0.507. The highest BCUT2D eigenvalue weighted by molar-refractivity contribution is 5.79. The van der Waals surface area contributed by atoms with Crippen molar-refractivity contribution in [2.24, 2.45) is 0 Å². The third-order valence-electron chi connectivity index (χ3n) is 2.78. The highest BCUT2D eigenvalue weighted by atomic mass is 16.5. The molecule has 0 amide bonds. The number of aliphatic hydroxyl groups is 1. The number of methoxy groups -OCH3 is 1. The van der Waals surface area contributed by atoms with Crippen LogP contribution in [0, 0.1) is 0 Å². The van der Waals surface area contributed by atoms with E-state index in [1.807, 2.05) is 0 Å². The van der Waals surface area contributed by atoms with Crippen molar-refractivity contribution in [3.63, 3.8) is 0 Å². The van der Waals surface area contributed by atoms with Gasteiger partial charge in [0.15, 0.2) is 5.60 Å². The van der Waals surface area contributed by atoms with Gasteiger partial charge in [-0.2, -0.15) is 0 Å². The summed E-state index contributed by atoms with van der Waals surface area (Å²) in [6.07, 6.45) is 0. The van der Waals surface area contributed by atoms with E-state index in [4.69, 9.17) is 5.11 Å². The molecule has 1 saturated heterocycles. The van der Waals surface area contributed by atoms with Crippen LogP contribution in [0.5, 0.6) is 0 Å². The van der Waals surface area contributed by atoms with Crippen LogP contribution < -0.4 is 5.32 Å². The standard InChI is InChI=1S/C10H18N2O5/c1-10(16,9(15)17-2)6-12-4-3-11-5-7(12)8(13)14/h7,11,16H,3-6H2,1-2H3,(H,13,14). The summed E-state index contributed by atoms with van der Waals surface area (Å²) in [5, 5.41) is 21.9. The lowest BCUT2D eigenvalue weighted by molar-refractivity contribution is -0.165. The van der Waals surface area contributed by atoms with Gasteiger partial charge in [-0.05, 0) is 6.92 Å². The summed E-state index contributed by atoms with van der Waals surface area (Å²) in [4.78, 5) is 23.9. The van der Waals surface area contributed by atoms with Gasteiger partial charge in [0.25, 0.3) is 0 Å². The van der Waals surface area contributed by atoms with Gasteiger partial charge in [-0.3, -0.25) is 9.69 Å². The molecule has 0 aromatic heterocycles. The molecule has 2 unspecified atom stereocenters. The number of carbonyl (C=O) groups excluding carboxylic acids is 1. The third kappa shape index (κ3) is 3.39. The Bertz CT molecular complexity index is 305. The number of nitrogens with zero attached hydrogens (tertiary/aromatic N) is 1. The number of rotatable bonds is 4. The monoisotopic (exact) mass is 246 g/mol. The van der Waals surface area contributed by atoms with Gasteiger partial charge in [-0.1, -0.05) is 0 Å². The molecule has 0 aromatic carbocycles. The second-order valence-electron chi connectivity index (χ2n) is 4.29. The van der Waals surface area contributed by atoms with Crippen LogP contribution in [0.15, 0.2) is 0 Å². The smallest absolute Gasteiger partial charge is 0.338 e. The topological polar surface area (TPSA) is 99.1 Å². The van der Waals surface area contributed by atoms with Gasteiger partial charge < -0.3 is 20.3 Å². The number of carboxylic acids is 1. The summed E-state index contributed by atoms with van der Waals surface area (Å²) < 4.78 is 4.47. The molecular weight excluding hydrogens is 228 g/mol. The summed E-state index contributed by atoms with van der Waals surface area (Å²) >= 11 is 0. The molecule has 0 bridgehead atoms. The molecule has 0 spiro atoms. The first-order chi connectivity index (χ1) is 7.88. The van der Waals surface area contributed by atoms with E-state index in [0.717, 1.165) is 0 Å². The minimum atomic E-state index is -1.69. The molecule has 1 aliphatic rings. The molecular formula is C10H18N2O5. The Morgan fingerprint density at radius 1 is 1.59 bits per heavy atom. The minimum Gasteiger partial charge on any atom is -0.480 e. The zero-order valence-corrected chi connectivity index (χ0v) is 9.97. The van der Waals surface area contributed by atoms with Crippen molar-refractivity contribution in [1.29, 1.82) is 0 Å². The van der Waals surface area contributed by atoms with Crippen LogP contribution in [0.3, 0.4) is 0 Å². The maximum Gasteiger partial charge on any atom is 0.338 e. The molecule has 1 rings (SSSR count). The van der Waals surface area contributed by atoms with E-state index < -0.39 is 23.6 Å². The number of carbonyl (C=O) groups is 2. The Hall–Kier alpha value is -1.18. The number of nitrogens with one attached hydrogen (secondary N) is 1. The summed E-state index contributed by atoms with van der Waals surface area (Å²) in [5.41, 5.74) is -1.69. The number of β-amino-alcohol motifs (C(OH)–C–C–N with tert-alkyl or cyclic N) is 1. The zero-order valence-electron chi connectivity index (χ0n) is 9.97. The SMILES string of the molecule is COC(=O)C(C)(O)CN1CCNCC1C(=O)O. The molecule has 0 aromatic rings. The fourth-order valence-corrected chi connectivity index (χ4v) is 1.86. The van der Waals surface area contributed by atoms with Gasteiger partial charge in [0.2, 0.25) is 0 Å². The van der Waals surface area contributed by atoms with Crippen LogP contribution in [0.25, 0.3) is 0 Å². The van der Waals surface area contributed by atoms with Crippen molar-refractivity contribution < 1.29 is 24.5 Å². The highest BCUT2D eigenvalue weighted by Crippen LogP contribution is 2.13. The molecule has 0 saturated carbocycles. The molecule has 98 valence electrons. The number of aliphatic carboxylic acids is 1. The number of carboxylic acid groups (broad SMARTS) is 1. The summed E-state index contributed by atoms with van der Waals surface area (Å²) in [5.74, 6) is -1.74. The van der Waals surface area contributed by atoms with Gasteiger partial charge in [-0.25, -0.2) is 4.79 Å². The number of esters is 1. The molecule has 7 nitrogen and oxygen atoms in total. The Balaban J connectivity index is 2.70. The van der Waals surface area contributed by atoms with Gasteiger partial charge in [0, 0.05) is 26.2 Å². The number of hydrogen-bond donors (Lipinski definition) is 3. The lowest BCUT2D eigenvalue weighted by Crippen LogP contribution is -2.59. The summed E-state index contributed by atoms with van der Waals surface area (Å²) in [6.45, 7) is 2.65. The highest BCUT2D eigenvalue weighted by Gasteiger charge is 2.38. The van der Waals surface area contributed by atoms with E-state index in [-0.39, 0.29) is 6.54 Å². The van der Waals surface area contributed by atoms with Crippen LogP contribution in [0.1, 0.15) is 6.92 Å². The zero-order chi connectivity index (χ0) is 13.1. The van der Waals surface area contributed by atoms with E-state index in [9.17, 15) is 14.7 Å². The van der Waals surface area contributed by atoms with Crippen molar-refractivity contribution in [2.75, 3.05) is 33.3 Å². The van der Waals surface area contributed by atoms with E-state index in [1.54, 1.807) is 4.90 Å². The third-order valence-corrected chi connectivity index (χ3v) is 2.78. The van der Waals surface area contributed by atoms with Crippen molar-refractivity contribution >= 4 is 11.9 Å². The molecule has 1 heterocycles. The number of hydrogen-bond acceptors (Lipinski definition) is 6. The number of ether oxygens (including phenoxy) is 1. The lowest BCUT2D eigenvalue weighted by atomic mass is 10.0. The predicted octanol–water partition coefficient (Wildman–Crippen LogP) is -1.73. The average Bonchev–Trinajstić information content (AvgIpc) is 2.27. The van der Waals surface area contributed by atoms with Crippen LogP contribution in [-0.2, 0) is 14.3 Å². The normalized spacial score (nSPS) is 25.0. The molecule has 0 aliphatic carbocycles. The molecule has 7 heteroatoms. The Kier molecular flexibility index (Phi) is 4.44. The number of piperazine rings is 1. The lowest BCUT2D eigenvalue weighted by Gasteiger charge is -2.36. The molecule has 2 atom stereocenters. The van der Waals surface area contributed by atoms with Crippen molar-refractivity contribution in [2.45, 2.75) is 18.6 Å². The first-order valence-electron chi connectivity index (χ1n) is 5.37. The summed E-state index contributed by atoms with van der Waals surface area (Å²) in [7, 11) is 1.18. The van der Waals surface area contributed by atoms with Crippen LogP contribution in [-0.4, -0.2) is 72.0 Å². The van der Waals surface area contributed by atoms with E-state index in [1.165, 1.54) is 14.0 Å². The fourth-order valence-electron chi connectivity index (χ4n) is 1.86. The average molecular weight is 246 g/mol. The maximum absolute atomic E-state index is 11.3. The maximum atomic E-state index is 11.3. The molecule has 1 fully saturated rings. The second kappa shape index (κ2) is 5.44. The van der Waals surface area contributed by atoms with Gasteiger partial charge in [0.1, 0.15) is 6.04 Å². The van der Waals surface area contributed by atoms with Gasteiger partial charge >= 0.3 is 11.9 Å². The first kappa shape index (κ1) is 13.9. The largest absolute Gasteiger partial charge is 0.480 e. The van der Waals surface area contributed by atoms with Crippen LogP contribution in [0.4, 0.5) is 0 Å². The van der Waals surface area contributed by atoms with Crippen molar-refractivity contribution in [3.05, 3.63) is 0 Å². The molecule has 1 aliphatic heterocycles. The molecule has 17 heavy (non-hydrogen) atoms.